The minimum atomic E-state index is -0.167. The first-order valence-corrected chi connectivity index (χ1v) is 13.5. The zero-order chi connectivity index (χ0) is 27.6. The molecule has 4 heterocycles. The summed E-state index contributed by atoms with van der Waals surface area (Å²) >= 11 is 6.68. The van der Waals surface area contributed by atoms with Crippen LogP contribution in [0.25, 0.3) is 33.3 Å². The Balaban J connectivity index is 1.29. The Morgan fingerprint density at radius 1 is 1.02 bits per heavy atom. The first kappa shape index (κ1) is 26.1. The number of ether oxygens (including phenoxy) is 1. The molecule has 0 aliphatic carbocycles. The summed E-state index contributed by atoms with van der Waals surface area (Å²) in [6.07, 6.45) is 6.71. The van der Waals surface area contributed by atoms with Gasteiger partial charge in [-0.3, -0.25) is 9.36 Å². The summed E-state index contributed by atoms with van der Waals surface area (Å²) in [6.45, 7) is 4.91. The van der Waals surface area contributed by atoms with Crippen molar-refractivity contribution in [1.29, 1.82) is 0 Å². The van der Waals surface area contributed by atoms with Crippen LogP contribution >= 0.6 is 11.6 Å². The molecule has 0 bridgehead atoms. The molecule has 1 aliphatic heterocycles. The second-order valence-corrected chi connectivity index (χ2v) is 10.2. The lowest BCUT2D eigenvalue weighted by Crippen LogP contribution is -2.35. The summed E-state index contributed by atoms with van der Waals surface area (Å²) in [6, 6.07) is 15.5. The van der Waals surface area contributed by atoms with Crippen LogP contribution < -0.4 is 10.9 Å². The molecule has 202 valence electrons. The van der Waals surface area contributed by atoms with Gasteiger partial charge in [-0.05, 0) is 49.4 Å². The minimum Gasteiger partial charge on any atom is -0.371 e. The molecule has 0 amide bonds. The van der Waals surface area contributed by atoms with Crippen molar-refractivity contribution in [3.63, 3.8) is 0 Å². The van der Waals surface area contributed by atoms with E-state index in [2.05, 4.69) is 44.3 Å². The molecule has 1 aliphatic rings. The lowest BCUT2D eigenvalue weighted by atomic mass is 10.0. The molecule has 40 heavy (non-hydrogen) atoms. The average Bonchev–Trinajstić information content (AvgIpc) is 2.98. The number of fused-ring (bicyclic) bond motifs is 1. The second-order valence-electron chi connectivity index (χ2n) is 9.77. The highest BCUT2D eigenvalue weighted by atomic mass is 35.5. The number of anilines is 2. The van der Waals surface area contributed by atoms with E-state index in [0.717, 1.165) is 47.5 Å². The van der Waals surface area contributed by atoms with Gasteiger partial charge in [0, 0.05) is 71.0 Å². The van der Waals surface area contributed by atoms with E-state index in [1.54, 1.807) is 29.2 Å². The Kier molecular flexibility index (Phi) is 7.25. The van der Waals surface area contributed by atoms with E-state index in [-0.39, 0.29) is 11.7 Å². The smallest absolute Gasteiger partial charge is 0.260 e. The third kappa shape index (κ3) is 5.19. The molecule has 1 unspecified atom stereocenters. The standard InChI is InChI=1S/C30H28ClN7O2/c1-3-38-28-21(12-25(29(38)39)24-9-6-20(13-26(24)31)22-14-32-18-33-15-22)16-34-30(36-28)35-23-7-4-19(5-8-23)27-17-37(2)10-11-40-27/h4-9,12-16,18,27H,3,10-11,17H2,1-2H3,(H,34,35,36). The number of pyridine rings is 1. The molecule has 3 aromatic heterocycles. The highest BCUT2D eigenvalue weighted by Gasteiger charge is 2.19. The number of halogens is 1. The molecular formula is C30H28ClN7O2. The molecule has 1 saturated heterocycles. The van der Waals surface area contributed by atoms with Gasteiger partial charge in [0.2, 0.25) is 5.95 Å². The summed E-state index contributed by atoms with van der Waals surface area (Å²) in [5.41, 5.74) is 5.22. The van der Waals surface area contributed by atoms with Crippen LogP contribution in [-0.2, 0) is 11.3 Å². The summed E-state index contributed by atoms with van der Waals surface area (Å²) in [4.78, 5) is 33.2. The molecule has 5 aromatic rings. The SMILES string of the molecule is CCn1c(=O)c(-c2ccc(-c3cncnc3)cc2Cl)cc2cnc(Nc3ccc(C4CN(C)CCO4)cc3)nc21. The molecule has 1 atom stereocenters. The molecule has 10 heteroatoms. The van der Waals surface area contributed by atoms with Crippen LogP contribution in [0.4, 0.5) is 11.6 Å². The molecule has 0 saturated carbocycles. The van der Waals surface area contributed by atoms with Crippen molar-refractivity contribution >= 4 is 34.3 Å². The number of nitrogens with zero attached hydrogens (tertiary/aromatic N) is 6. The first-order valence-electron chi connectivity index (χ1n) is 13.1. The normalized spacial score (nSPS) is 15.8. The molecule has 1 fully saturated rings. The van der Waals surface area contributed by atoms with E-state index in [0.29, 0.717) is 34.3 Å². The van der Waals surface area contributed by atoms with Gasteiger partial charge < -0.3 is 15.0 Å². The van der Waals surface area contributed by atoms with E-state index in [9.17, 15) is 4.79 Å². The number of benzene rings is 2. The zero-order valence-corrected chi connectivity index (χ0v) is 23.0. The van der Waals surface area contributed by atoms with Crippen molar-refractivity contribution in [2.24, 2.45) is 0 Å². The first-order chi connectivity index (χ1) is 19.5. The second kappa shape index (κ2) is 11.1. The summed E-state index contributed by atoms with van der Waals surface area (Å²) in [5.74, 6) is 0.413. The molecular weight excluding hydrogens is 526 g/mol. The number of aromatic nitrogens is 5. The fourth-order valence-corrected chi connectivity index (χ4v) is 5.24. The topological polar surface area (TPSA) is 98.1 Å². The summed E-state index contributed by atoms with van der Waals surface area (Å²) < 4.78 is 7.57. The van der Waals surface area contributed by atoms with E-state index < -0.39 is 0 Å². The van der Waals surface area contributed by atoms with Crippen LogP contribution in [-0.4, -0.2) is 56.1 Å². The van der Waals surface area contributed by atoms with Gasteiger partial charge in [0.05, 0.1) is 12.7 Å². The fraction of sp³-hybridized carbons (Fsp3) is 0.233. The summed E-state index contributed by atoms with van der Waals surface area (Å²) in [5, 5.41) is 4.47. The Bertz CT molecular complexity index is 1730. The molecule has 9 nitrogen and oxygen atoms in total. The van der Waals surface area contributed by atoms with E-state index in [1.165, 1.54) is 6.33 Å². The highest BCUT2D eigenvalue weighted by molar-refractivity contribution is 6.33. The Labute approximate surface area is 236 Å². The number of nitrogens with one attached hydrogen (secondary N) is 1. The van der Waals surface area contributed by atoms with Crippen molar-refractivity contribution in [1.82, 2.24) is 29.4 Å². The minimum absolute atomic E-state index is 0.0648. The van der Waals surface area contributed by atoms with Crippen LogP contribution in [0.5, 0.6) is 0 Å². The summed E-state index contributed by atoms with van der Waals surface area (Å²) in [7, 11) is 2.10. The van der Waals surface area contributed by atoms with Crippen molar-refractivity contribution in [3.05, 3.63) is 94.4 Å². The monoisotopic (exact) mass is 553 g/mol. The predicted molar refractivity (Wildman–Crippen MR) is 157 cm³/mol. The Hall–Kier alpha value is -4.18. The van der Waals surface area contributed by atoms with Crippen LogP contribution in [0, 0.1) is 0 Å². The Morgan fingerprint density at radius 3 is 2.55 bits per heavy atom. The largest absolute Gasteiger partial charge is 0.371 e. The zero-order valence-electron chi connectivity index (χ0n) is 22.2. The van der Waals surface area contributed by atoms with Crippen LogP contribution in [0.15, 0.2) is 78.2 Å². The van der Waals surface area contributed by atoms with E-state index in [4.69, 9.17) is 21.3 Å². The van der Waals surface area contributed by atoms with E-state index >= 15 is 0 Å². The number of hydrogen-bond acceptors (Lipinski definition) is 8. The van der Waals surface area contributed by atoms with Crippen molar-refractivity contribution in [2.45, 2.75) is 19.6 Å². The third-order valence-electron chi connectivity index (χ3n) is 7.10. The lowest BCUT2D eigenvalue weighted by Gasteiger charge is -2.30. The molecule has 1 N–H and O–H groups in total. The van der Waals surface area contributed by atoms with E-state index in [1.807, 2.05) is 37.3 Å². The highest BCUT2D eigenvalue weighted by Crippen LogP contribution is 2.32. The Morgan fingerprint density at radius 2 is 1.82 bits per heavy atom. The lowest BCUT2D eigenvalue weighted by molar-refractivity contribution is -0.0208. The van der Waals surface area contributed by atoms with Gasteiger partial charge in [-0.15, -0.1) is 0 Å². The molecule has 6 rings (SSSR count). The fourth-order valence-electron chi connectivity index (χ4n) is 4.96. The number of likely N-dealkylation sites (N-methyl/N-ethyl adjacent to an activating group) is 1. The van der Waals surface area contributed by atoms with Crippen molar-refractivity contribution in [3.8, 4) is 22.3 Å². The average molecular weight is 554 g/mol. The number of rotatable bonds is 6. The van der Waals surface area contributed by atoms with Crippen molar-refractivity contribution < 1.29 is 4.74 Å². The van der Waals surface area contributed by atoms with Gasteiger partial charge in [-0.1, -0.05) is 35.9 Å². The maximum absolute atomic E-state index is 13.6. The predicted octanol–water partition coefficient (Wildman–Crippen LogP) is 5.34. The quantitative estimate of drug-likeness (QED) is 0.301. The number of hydrogen-bond donors (Lipinski definition) is 1. The van der Waals surface area contributed by atoms with Crippen LogP contribution in [0.3, 0.4) is 0 Å². The molecule has 0 radical (unpaired) electrons. The molecule has 2 aromatic carbocycles. The maximum atomic E-state index is 13.6. The van der Waals surface area contributed by atoms with Gasteiger partial charge >= 0.3 is 0 Å². The number of morpholine rings is 1. The van der Waals surface area contributed by atoms with Gasteiger partial charge in [-0.25, -0.2) is 15.0 Å². The van der Waals surface area contributed by atoms with Crippen LogP contribution in [0.1, 0.15) is 18.6 Å². The van der Waals surface area contributed by atoms with Gasteiger partial charge in [-0.2, -0.15) is 4.98 Å². The molecule has 0 spiro atoms. The van der Waals surface area contributed by atoms with Gasteiger partial charge in [0.15, 0.2) is 0 Å². The third-order valence-corrected chi connectivity index (χ3v) is 7.42. The van der Waals surface area contributed by atoms with Gasteiger partial charge in [0.1, 0.15) is 12.0 Å². The maximum Gasteiger partial charge on any atom is 0.260 e. The van der Waals surface area contributed by atoms with Crippen molar-refractivity contribution in [2.75, 3.05) is 32.1 Å². The number of aryl methyl sites for hydroxylation is 1. The van der Waals surface area contributed by atoms with Crippen LogP contribution in [0.2, 0.25) is 5.02 Å². The van der Waals surface area contributed by atoms with Gasteiger partial charge in [0.25, 0.3) is 5.56 Å².